The Labute approximate surface area is 149 Å². The van der Waals surface area contributed by atoms with Gasteiger partial charge < -0.3 is 10.1 Å². The average Bonchev–Trinajstić information content (AvgIpc) is 3.11. The lowest BCUT2D eigenvalue weighted by Gasteiger charge is -2.12. The fourth-order valence-corrected chi connectivity index (χ4v) is 2.92. The SMILES string of the molecule is COc1ccc(NC(=O)[C@@H](C)Sc2nnnn2-c2ccccc2)cc1. The summed E-state index contributed by atoms with van der Waals surface area (Å²) in [5.74, 6) is 0.611. The van der Waals surface area contributed by atoms with Gasteiger partial charge in [-0.3, -0.25) is 4.79 Å². The van der Waals surface area contributed by atoms with Crippen LogP contribution in [0, 0.1) is 0 Å². The number of para-hydroxylation sites is 1. The molecule has 3 rings (SSSR count). The van der Waals surface area contributed by atoms with Gasteiger partial charge in [-0.05, 0) is 53.7 Å². The van der Waals surface area contributed by atoms with Crippen LogP contribution < -0.4 is 10.1 Å². The largest absolute Gasteiger partial charge is 0.497 e. The van der Waals surface area contributed by atoms with Crippen molar-refractivity contribution in [3.63, 3.8) is 0 Å². The summed E-state index contributed by atoms with van der Waals surface area (Å²) in [6.45, 7) is 1.81. The summed E-state index contributed by atoms with van der Waals surface area (Å²) in [6.07, 6.45) is 0. The molecule has 0 saturated heterocycles. The first-order chi connectivity index (χ1) is 12.2. The third kappa shape index (κ3) is 4.16. The van der Waals surface area contributed by atoms with E-state index in [4.69, 9.17) is 4.74 Å². The summed E-state index contributed by atoms with van der Waals surface area (Å²) in [6, 6.07) is 16.7. The number of thioether (sulfide) groups is 1. The monoisotopic (exact) mass is 355 g/mol. The number of carbonyl (C=O) groups excluding carboxylic acids is 1. The lowest BCUT2D eigenvalue weighted by Crippen LogP contribution is -2.22. The normalized spacial score (nSPS) is 11.8. The summed E-state index contributed by atoms with van der Waals surface area (Å²) < 4.78 is 6.72. The van der Waals surface area contributed by atoms with E-state index in [2.05, 4.69) is 20.8 Å². The summed E-state index contributed by atoms with van der Waals surface area (Å²) in [7, 11) is 1.60. The Balaban J connectivity index is 1.67. The number of aromatic nitrogens is 4. The lowest BCUT2D eigenvalue weighted by molar-refractivity contribution is -0.115. The Morgan fingerprint density at radius 3 is 2.56 bits per heavy atom. The molecule has 1 atom stereocenters. The zero-order valence-electron chi connectivity index (χ0n) is 13.8. The molecule has 0 fully saturated rings. The number of benzene rings is 2. The van der Waals surface area contributed by atoms with Gasteiger partial charge in [0, 0.05) is 5.69 Å². The molecule has 128 valence electrons. The number of anilines is 1. The van der Waals surface area contributed by atoms with Gasteiger partial charge in [-0.25, -0.2) is 0 Å². The van der Waals surface area contributed by atoms with Gasteiger partial charge in [-0.1, -0.05) is 30.0 Å². The van der Waals surface area contributed by atoms with E-state index < -0.39 is 0 Å². The fourth-order valence-electron chi connectivity index (χ4n) is 2.11. The number of rotatable bonds is 6. The second-order valence-electron chi connectivity index (χ2n) is 5.19. The number of nitrogens with zero attached hydrogens (tertiary/aromatic N) is 4. The standard InChI is InChI=1S/C17H17N5O2S/c1-12(16(23)18-13-8-10-15(24-2)11-9-13)25-17-19-20-21-22(17)14-6-4-3-5-7-14/h3-12H,1-2H3,(H,18,23)/t12-/m1/s1. The Hall–Kier alpha value is -2.87. The van der Waals surface area contributed by atoms with Gasteiger partial charge in [0.15, 0.2) is 0 Å². The van der Waals surface area contributed by atoms with Gasteiger partial charge in [0.05, 0.1) is 18.0 Å². The van der Waals surface area contributed by atoms with Crippen molar-refractivity contribution >= 4 is 23.4 Å². The van der Waals surface area contributed by atoms with E-state index >= 15 is 0 Å². The zero-order chi connectivity index (χ0) is 17.6. The number of carbonyl (C=O) groups is 1. The predicted octanol–water partition coefficient (Wildman–Crippen LogP) is 2.79. The molecular formula is C17H17N5O2S. The molecule has 1 amide bonds. The number of ether oxygens (including phenoxy) is 1. The molecule has 25 heavy (non-hydrogen) atoms. The molecule has 0 saturated carbocycles. The second-order valence-corrected chi connectivity index (χ2v) is 6.49. The molecule has 0 bridgehead atoms. The Morgan fingerprint density at radius 2 is 1.88 bits per heavy atom. The smallest absolute Gasteiger partial charge is 0.237 e. The van der Waals surface area contributed by atoms with Crippen LogP contribution in [-0.2, 0) is 4.79 Å². The first kappa shape index (κ1) is 17.0. The molecule has 3 aromatic rings. The van der Waals surface area contributed by atoms with Crippen molar-refractivity contribution in [3.8, 4) is 11.4 Å². The van der Waals surface area contributed by atoms with Gasteiger partial charge in [-0.2, -0.15) is 4.68 Å². The minimum Gasteiger partial charge on any atom is -0.497 e. The summed E-state index contributed by atoms with van der Waals surface area (Å²) in [5, 5.41) is 14.8. The van der Waals surface area contributed by atoms with Crippen LogP contribution in [0.4, 0.5) is 5.69 Å². The van der Waals surface area contributed by atoms with Gasteiger partial charge in [-0.15, -0.1) is 5.10 Å². The minimum absolute atomic E-state index is 0.127. The molecule has 1 heterocycles. The molecule has 0 aliphatic rings. The lowest BCUT2D eigenvalue weighted by atomic mass is 10.3. The van der Waals surface area contributed by atoms with Gasteiger partial charge in [0.25, 0.3) is 0 Å². The van der Waals surface area contributed by atoms with Crippen LogP contribution in [0.5, 0.6) is 5.75 Å². The highest BCUT2D eigenvalue weighted by Gasteiger charge is 2.19. The van der Waals surface area contributed by atoms with E-state index in [1.807, 2.05) is 37.3 Å². The number of amides is 1. The van der Waals surface area contributed by atoms with E-state index in [9.17, 15) is 4.79 Å². The molecular weight excluding hydrogens is 338 g/mol. The van der Waals surface area contributed by atoms with Gasteiger partial charge in [0.1, 0.15) is 5.75 Å². The quantitative estimate of drug-likeness (QED) is 0.685. The molecule has 8 heteroatoms. The van der Waals surface area contributed by atoms with Crippen molar-refractivity contribution in [2.24, 2.45) is 0 Å². The fraction of sp³-hybridized carbons (Fsp3) is 0.176. The van der Waals surface area contributed by atoms with Crippen molar-refractivity contribution in [2.75, 3.05) is 12.4 Å². The highest BCUT2D eigenvalue weighted by atomic mass is 32.2. The van der Waals surface area contributed by atoms with Crippen molar-refractivity contribution in [3.05, 3.63) is 54.6 Å². The van der Waals surface area contributed by atoms with E-state index in [0.29, 0.717) is 10.8 Å². The van der Waals surface area contributed by atoms with Crippen LogP contribution in [0.1, 0.15) is 6.92 Å². The van der Waals surface area contributed by atoms with Crippen LogP contribution in [0.3, 0.4) is 0 Å². The van der Waals surface area contributed by atoms with Crippen molar-refractivity contribution in [2.45, 2.75) is 17.3 Å². The molecule has 7 nitrogen and oxygen atoms in total. The topological polar surface area (TPSA) is 81.9 Å². The molecule has 0 radical (unpaired) electrons. The molecule has 1 N–H and O–H groups in total. The zero-order valence-corrected chi connectivity index (χ0v) is 14.6. The molecule has 0 unspecified atom stereocenters. The Morgan fingerprint density at radius 1 is 1.16 bits per heavy atom. The number of hydrogen-bond donors (Lipinski definition) is 1. The number of methoxy groups -OCH3 is 1. The van der Waals surface area contributed by atoms with Crippen LogP contribution in [0.15, 0.2) is 59.8 Å². The van der Waals surface area contributed by atoms with E-state index in [0.717, 1.165) is 11.4 Å². The Kier molecular flexibility index (Phi) is 5.30. The van der Waals surface area contributed by atoms with Gasteiger partial charge in [0.2, 0.25) is 11.1 Å². The second kappa shape index (κ2) is 7.80. The van der Waals surface area contributed by atoms with Crippen LogP contribution in [-0.4, -0.2) is 38.5 Å². The predicted molar refractivity (Wildman–Crippen MR) is 96.1 cm³/mol. The molecule has 1 aromatic heterocycles. The van der Waals surface area contributed by atoms with E-state index in [1.54, 1.807) is 36.1 Å². The molecule has 2 aromatic carbocycles. The molecule has 0 aliphatic carbocycles. The van der Waals surface area contributed by atoms with E-state index in [-0.39, 0.29) is 11.2 Å². The summed E-state index contributed by atoms with van der Waals surface area (Å²) in [5.41, 5.74) is 1.55. The molecule has 0 aliphatic heterocycles. The maximum Gasteiger partial charge on any atom is 0.237 e. The minimum atomic E-state index is -0.365. The third-order valence-corrected chi connectivity index (χ3v) is 4.48. The summed E-state index contributed by atoms with van der Waals surface area (Å²) >= 11 is 1.30. The highest BCUT2D eigenvalue weighted by Crippen LogP contribution is 2.24. The van der Waals surface area contributed by atoms with Crippen molar-refractivity contribution in [1.29, 1.82) is 0 Å². The first-order valence-electron chi connectivity index (χ1n) is 7.63. The van der Waals surface area contributed by atoms with Crippen molar-refractivity contribution < 1.29 is 9.53 Å². The highest BCUT2D eigenvalue weighted by molar-refractivity contribution is 8.00. The number of tetrazole rings is 1. The van der Waals surface area contributed by atoms with Crippen molar-refractivity contribution in [1.82, 2.24) is 20.2 Å². The molecule has 0 spiro atoms. The van der Waals surface area contributed by atoms with E-state index in [1.165, 1.54) is 11.8 Å². The van der Waals surface area contributed by atoms with Crippen LogP contribution in [0.2, 0.25) is 0 Å². The van der Waals surface area contributed by atoms with Crippen LogP contribution >= 0.6 is 11.8 Å². The number of hydrogen-bond acceptors (Lipinski definition) is 6. The maximum atomic E-state index is 12.4. The Bertz CT molecular complexity index is 836. The maximum absolute atomic E-state index is 12.4. The first-order valence-corrected chi connectivity index (χ1v) is 8.50. The third-order valence-electron chi connectivity index (χ3n) is 3.45. The summed E-state index contributed by atoms with van der Waals surface area (Å²) in [4.78, 5) is 12.4. The number of nitrogens with one attached hydrogen (secondary N) is 1. The average molecular weight is 355 g/mol. The van der Waals surface area contributed by atoms with Crippen LogP contribution in [0.25, 0.3) is 5.69 Å². The van der Waals surface area contributed by atoms with Gasteiger partial charge >= 0.3 is 0 Å².